The third-order valence-electron chi connectivity index (χ3n) is 6.73. The predicted molar refractivity (Wildman–Crippen MR) is 144 cm³/mol. The molecule has 0 aliphatic carbocycles. The number of benzene rings is 1. The summed E-state index contributed by atoms with van der Waals surface area (Å²) in [7, 11) is 0. The fourth-order valence-electron chi connectivity index (χ4n) is 4.91. The summed E-state index contributed by atoms with van der Waals surface area (Å²) in [5.41, 5.74) is 3.79. The Morgan fingerprint density at radius 3 is 2.49 bits per heavy atom. The molecule has 0 bridgehead atoms. The van der Waals surface area contributed by atoms with Gasteiger partial charge >= 0.3 is 18.0 Å². The van der Waals surface area contributed by atoms with Crippen LogP contribution in [-0.4, -0.2) is 84.1 Å². The fourth-order valence-corrected chi connectivity index (χ4v) is 4.91. The molecule has 37 heavy (non-hydrogen) atoms. The fraction of sp³-hybridized carbons (Fsp3) is 0.607. The van der Waals surface area contributed by atoms with E-state index in [1.165, 1.54) is 0 Å². The molecule has 3 rings (SSSR count). The summed E-state index contributed by atoms with van der Waals surface area (Å²) in [6.45, 7) is 17.3. The Morgan fingerprint density at radius 1 is 1.11 bits per heavy atom. The van der Waals surface area contributed by atoms with Crippen LogP contribution in [0.25, 0.3) is 0 Å². The van der Waals surface area contributed by atoms with Crippen molar-refractivity contribution < 1.29 is 19.1 Å². The average Bonchev–Trinajstić information content (AvgIpc) is 3.05. The molecular weight excluding hydrogens is 470 g/mol. The summed E-state index contributed by atoms with van der Waals surface area (Å²) < 4.78 is 5.52. The van der Waals surface area contributed by atoms with Gasteiger partial charge in [-0.3, -0.25) is 9.80 Å². The van der Waals surface area contributed by atoms with E-state index in [9.17, 15) is 14.4 Å². The van der Waals surface area contributed by atoms with Gasteiger partial charge in [0.05, 0.1) is 18.2 Å². The van der Waals surface area contributed by atoms with Crippen molar-refractivity contribution in [2.24, 2.45) is 0 Å². The molecule has 0 radical (unpaired) electrons. The van der Waals surface area contributed by atoms with E-state index in [1.807, 2.05) is 64.6 Å². The number of aryl methyl sites for hydroxylation is 2. The van der Waals surface area contributed by atoms with Crippen molar-refractivity contribution in [1.29, 1.82) is 0 Å². The molecule has 9 nitrogen and oxygen atoms in total. The lowest BCUT2D eigenvalue weighted by molar-refractivity contribution is -0.139. The van der Waals surface area contributed by atoms with Crippen LogP contribution in [0.2, 0.25) is 0 Å². The van der Waals surface area contributed by atoms with Gasteiger partial charge in [-0.05, 0) is 66.0 Å². The standard InChI is InChI=1S/C28H43N5O4/c1-8-33-22(18-31-13-10-14-32(16-15-31)27(36)30-28(5,6)7)23(25(34)37-9-2)24(29-26(33)35)21-17-19(3)11-12-20(21)4/h11-12,17,24H,8-10,13-16,18H2,1-7H3,(H,29,35)(H,30,36)/t24-/m0/s1. The van der Waals surface area contributed by atoms with E-state index >= 15 is 0 Å². The molecule has 1 atom stereocenters. The first kappa shape index (κ1) is 28.5. The van der Waals surface area contributed by atoms with Gasteiger partial charge < -0.3 is 20.3 Å². The minimum Gasteiger partial charge on any atom is -0.463 e. The summed E-state index contributed by atoms with van der Waals surface area (Å²) in [5, 5.41) is 6.10. The number of carbonyl (C=O) groups is 3. The average molecular weight is 514 g/mol. The highest BCUT2D eigenvalue weighted by Gasteiger charge is 2.39. The van der Waals surface area contributed by atoms with Gasteiger partial charge in [0.1, 0.15) is 0 Å². The number of nitrogens with one attached hydrogen (secondary N) is 2. The molecular formula is C28H43N5O4. The lowest BCUT2D eigenvalue weighted by Crippen LogP contribution is -2.51. The topological polar surface area (TPSA) is 94.2 Å². The summed E-state index contributed by atoms with van der Waals surface area (Å²) in [4.78, 5) is 45.1. The molecule has 204 valence electrons. The van der Waals surface area contributed by atoms with Crippen molar-refractivity contribution in [3.05, 3.63) is 46.2 Å². The normalized spacial score (nSPS) is 19.4. The van der Waals surface area contributed by atoms with E-state index in [-0.39, 0.29) is 24.2 Å². The van der Waals surface area contributed by atoms with Crippen LogP contribution in [0.4, 0.5) is 9.59 Å². The van der Waals surface area contributed by atoms with Gasteiger partial charge in [0.15, 0.2) is 0 Å². The smallest absolute Gasteiger partial charge is 0.338 e. The monoisotopic (exact) mass is 513 g/mol. The zero-order valence-electron chi connectivity index (χ0n) is 23.4. The minimum atomic E-state index is -0.592. The first-order chi connectivity index (χ1) is 17.4. The maximum absolute atomic E-state index is 13.4. The largest absolute Gasteiger partial charge is 0.463 e. The minimum absolute atomic E-state index is 0.0667. The second kappa shape index (κ2) is 12.0. The Kier molecular flexibility index (Phi) is 9.23. The van der Waals surface area contributed by atoms with Gasteiger partial charge in [-0.15, -0.1) is 0 Å². The Labute approximate surface area is 221 Å². The van der Waals surface area contributed by atoms with Gasteiger partial charge in [-0.2, -0.15) is 0 Å². The summed E-state index contributed by atoms with van der Waals surface area (Å²) >= 11 is 0. The zero-order valence-corrected chi connectivity index (χ0v) is 23.4. The molecule has 2 N–H and O–H groups in total. The third-order valence-corrected chi connectivity index (χ3v) is 6.73. The SMILES string of the molecule is CCOC(=O)C1=C(CN2CCCN(C(=O)NC(C)(C)C)CC2)N(CC)C(=O)N[C@H]1c1cc(C)ccc1C. The molecule has 0 saturated carbocycles. The van der Waals surface area contributed by atoms with Crippen LogP contribution in [-0.2, 0) is 9.53 Å². The Balaban J connectivity index is 1.96. The predicted octanol–water partition coefficient (Wildman–Crippen LogP) is 3.72. The van der Waals surface area contributed by atoms with E-state index in [4.69, 9.17) is 4.74 Å². The second-order valence-corrected chi connectivity index (χ2v) is 10.9. The summed E-state index contributed by atoms with van der Waals surface area (Å²) in [6.07, 6.45) is 0.804. The molecule has 1 saturated heterocycles. The number of carbonyl (C=O) groups excluding carboxylic acids is 3. The highest BCUT2D eigenvalue weighted by Crippen LogP contribution is 2.34. The van der Waals surface area contributed by atoms with Crippen molar-refractivity contribution in [1.82, 2.24) is 25.3 Å². The number of amides is 4. The van der Waals surface area contributed by atoms with E-state index in [1.54, 1.807) is 11.8 Å². The molecule has 0 spiro atoms. The molecule has 2 heterocycles. The van der Waals surface area contributed by atoms with Crippen molar-refractivity contribution in [3.63, 3.8) is 0 Å². The van der Waals surface area contributed by atoms with E-state index < -0.39 is 12.0 Å². The van der Waals surface area contributed by atoms with Gasteiger partial charge in [0.25, 0.3) is 0 Å². The maximum Gasteiger partial charge on any atom is 0.338 e. The summed E-state index contributed by atoms with van der Waals surface area (Å²) in [6, 6.07) is 5.18. The molecule has 0 unspecified atom stereocenters. The Hall–Kier alpha value is -3.07. The highest BCUT2D eigenvalue weighted by atomic mass is 16.5. The number of esters is 1. The van der Waals surface area contributed by atoms with Crippen LogP contribution < -0.4 is 10.6 Å². The number of likely N-dealkylation sites (N-methyl/N-ethyl adjacent to an activating group) is 1. The number of nitrogens with zero attached hydrogens (tertiary/aromatic N) is 3. The molecule has 2 aliphatic heterocycles. The van der Waals surface area contributed by atoms with E-state index in [2.05, 4.69) is 15.5 Å². The lowest BCUT2D eigenvalue weighted by atomic mass is 9.90. The lowest BCUT2D eigenvalue weighted by Gasteiger charge is -2.38. The van der Waals surface area contributed by atoms with Crippen molar-refractivity contribution in [3.8, 4) is 0 Å². The van der Waals surface area contributed by atoms with Crippen LogP contribution in [0.5, 0.6) is 0 Å². The first-order valence-corrected chi connectivity index (χ1v) is 13.3. The second-order valence-electron chi connectivity index (χ2n) is 10.9. The number of hydrogen-bond donors (Lipinski definition) is 2. The van der Waals surface area contributed by atoms with Crippen molar-refractivity contribution in [2.45, 2.75) is 66.5 Å². The molecule has 1 fully saturated rings. The number of urea groups is 2. The van der Waals surface area contributed by atoms with Gasteiger partial charge in [-0.1, -0.05) is 23.8 Å². The molecule has 1 aromatic carbocycles. The Bertz CT molecular complexity index is 1050. The zero-order chi connectivity index (χ0) is 27.3. The van der Waals surface area contributed by atoms with E-state index in [0.29, 0.717) is 44.0 Å². The van der Waals surface area contributed by atoms with Crippen LogP contribution >= 0.6 is 0 Å². The van der Waals surface area contributed by atoms with Crippen molar-refractivity contribution >= 4 is 18.0 Å². The van der Waals surface area contributed by atoms with E-state index in [0.717, 1.165) is 29.7 Å². The molecule has 9 heteroatoms. The summed E-state index contributed by atoms with van der Waals surface area (Å²) in [5.74, 6) is -0.414. The van der Waals surface area contributed by atoms with Crippen LogP contribution in [0.15, 0.2) is 29.5 Å². The first-order valence-electron chi connectivity index (χ1n) is 13.3. The molecule has 1 aromatic rings. The Morgan fingerprint density at radius 2 is 1.84 bits per heavy atom. The number of rotatable bonds is 6. The highest BCUT2D eigenvalue weighted by molar-refractivity contribution is 5.95. The third kappa shape index (κ3) is 7.03. The van der Waals surface area contributed by atoms with Gasteiger partial charge in [0, 0.05) is 50.5 Å². The molecule has 0 aromatic heterocycles. The quantitative estimate of drug-likeness (QED) is 0.566. The van der Waals surface area contributed by atoms with Crippen LogP contribution in [0.3, 0.4) is 0 Å². The van der Waals surface area contributed by atoms with Gasteiger partial charge in [0.2, 0.25) is 0 Å². The van der Waals surface area contributed by atoms with Gasteiger partial charge in [-0.25, -0.2) is 14.4 Å². The molecule has 2 aliphatic rings. The van der Waals surface area contributed by atoms with Crippen LogP contribution in [0.1, 0.15) is 63.8 Å². The number of hydrogen-bond acceptors (Lipinski definition) is 5. The molecule has 4 amide bonds. The van der Waals surface area contributed by atoms with Crippen LogP contribution in [0, 0.1) is 13.8 Å². The van der Waals surface area contributed by atoms with Crippen molar-refractivity contribution in [2.75, 3.05) is 45.9 Å². The number of ether oxygens (including phenoxy) is 1. The maximum atomic E-state index is 13.4.